The molecule has 1 aromatic rings. The largest absolute Gasteiger partial charge is 0.487 e. The van der Waals surface area contributed by atoms with E-state index in [9.17, 15) is 8.42 Å². The first-order valence-corrected chi connectivity index (χ1v) is 7.01. The minimum atomic E-state index is -3.35. The number of anilines is 1. The molecule has 1 heterocycles. The van der Waals surface area contributed by atoms with E-state index in [0.29, 0.717) is 11.4 Å². The third-order valence-electron chi connectivity index (χ3n) is 1.95. The number of hydrogen-bond donors (Lipinski definition) is 1. The predicted molar refractivity (Wildman–Crippen MR) is 61.4 cm³/mol. The zero-order chi connectivity index (χ0) is 11.8. The maximum absolute atomic E-state index is 11.1. The highest BCUT2D eigenvalue weighted by Gasteiger charge is 2.25. The van der Waals surface area contributed by atoms with E-state index in [1.165, 1.54) is 12.3 Å². The smallest absolute Gasteiger partial charge is 0.229 e. The Bertz CT molecular complexity index is 499. The molecule has 2 rings (SSSR count). The summed E-state index contributed by atoms with van der Waals surface area (Å²) in [5.41, 5.74) is 0.328. The van der Waals surface area contributed by atoms with Crippen LogP contribution in [0.1, 0.15) is 12.8 Å². The quantitative estimate of drug-likeness (QED) is 0.838. The molecular weight excluding hydrogens is 252 g/mol. The minimum absolute atomic E-state index is 0.170. The number of ether oxygens (including phenoxy) is 1. The highest BCUT2D eigenvalue weighted by Crippen LogP contribution is 2.33. The molecule has 16 heavy (non-hydrogen) atoms. The number of rotatable bonds is 4. The number of nitrogens with one attached hydrogen (secondary N) is 1. The number of pyridine rings is 1. The van der Waals surface area contributed by atoms with Crippen molar-refractivity contribution in [2.75, 3.05) is 11.0 Å². The standard InChI is InChI=1S/C9H11ClN2O3S/c1-16(13,14)12-7-4-9(10)11-5-8(7)15-6-2-3-6/h4-6H,2-3H2,1H3,(H,11,12). The summed E-state index contributed by atoms with van der Waals surface area (Å²) in [7, 11) is -3.35. The molecule has 1 aliphatic carbocycles. The van der Waals surface area contributed by atoms with E-state index in [1.807, 2.05) is 0 Å². The van der Waals surface area contributed by atoms with Gasteiger partial charge in [-0.15, -0.1) is 0 Å². The zero-order valence-corrected chi connectivity index (χ0v) is 10.2. The molecule has 1 fully saturated rings. The van der Waals surface area contributed by atoms with E-state index in [0.717, 1.165) is 19.1 Å². The Morgan fingerprint density at radius 1 is 1.56 bits per heavy atom. The van der Waals surface area contributed by atoms with Crippen LogP contribution < -0.4 is 9.46 Å². The fourth-order valence-corrected chi connectivity index (χ4v) is 1.87. The Morgan fingerprint density at radius 2 is 2.25 bits per heavy atom. The van der Waals surface area contributed by atoms with Gasteiger partial charge in [-0.2, -0.15) is 0 Å². The number of aromatic nitrogens is 1. The Hall–Kier alpha value is -1.01. The summed E-state index contributed by atoms with van der Waals surface area (Å²) in [6.07, 6.45) is 4.64. The first kappa shape index (κ1) is 11.5. The molecule has 0 bridgehead atoms. The molecule has 0 atom stereocenters. The van der Waals surface area contributed by atoms with Crippen molar-refractivity contribution in [3.63, 3.8) is 0 Å². The van der Waals surface area contributed by atoms with Crippen molar-refractivity contribution in [1.82, 2.24) is 4.98 Å². The molecule has 0 aromatic carbocycles. The lowest BCUT2D eigenvalue weighted by Gasteiger charge is -2.11. The van der Waals surface area contributed by atoms with Crippen LogP contribution in [0, 0.1) is 0 Å². The van der Waals surface area contributed by atoms with Crippen molar-refractivity contribution in [3.8, 4) is 5.75 Å². The highest BCUT2D eigenvalue weighted by atomic mass is 35.5. The molecule has 1 N–H and O–H groups in total. The molecule has 1 saturated carbocycles. The van der Waals surface area contributed by atoms with Gasteiger partial charge in [0.25, 0.3) is 0 Å². The molecule has 0 saturated heterocycles. The second kappa shape index (κ2) is 4.10. The number of nitrogens with zero attached hydrogens (tertiary/aromatic N) is 1. The third-order valence-corrected chi connectivity index (χ3v) is 2.74. The van der Waals surface area contributed by atoms with Crippen LogP contribution in [0.4, 0.5) is 5.69 Å². The molecule has 0 spiro atoms. The van der Waals surface area contributed by atoms with Crippen molar-refractivity contribution in [2.24, 2.45) is 0 Å². The van der Waals surface area contributed by atoms with E-state index in [1.54, 1.807) is 0 Å². The Labute approximate surface area is 98.8 Å². The van der Waals surface area contributed by atoms with E-state index in [4.69, 9.17) is 16.3 Å². The SMILES string of the molecule is CS(=O)(=O)Nc1cc(Cl)ncc1OC1CC1. The fraction of sp³-hybridized carbons (Fsp3) is 0.444. The second-order valence-corrected chi connectivity index (χ2v) is 5.83. The van der Waals surface area contributed by atoms with Gasteiger partial charge >= 0.3 is 0 Å². The zero-order valence-electron chi connectivity index (χ0n) is 8.60. The fourth-order valence-electron chi connectivity index (χ4n) is 1.16. The van der Waals surface area contributed by atoms with Gasteiger partial charge in [0.15, 0.2) is 5.75 Å². The summed E-state index contributed by atoms with van der Waals surface area (Å²) in [6.45, 7) is 0. The summed E-state index contributed by atoms with van der Waals surface area (Å²) in [4.78, 5) is 3.86. The molecular formula is C9H11ClN2O3S. The lowest BCUT2D eigenvalue weighted by molar-refractivity contribution is 0.303. The molecule has 0 unspecified atom stereocenters. The summed E-state index contributed by atoms with van der Waals surface area (Å²) in [6, 6.07) is 1.43. The van der Waals surface area contributed by atoms with Crippen molar-refractivity contribution in [2.45, 2.75) is 18.9 Å². The lowest BCUT2D eigenvalue weighted by atomic mass is 10.4. The van der Waals surface area contributed by atoms with Crippen LogP contribution in [0.25, 0.3) is 0 Å². The lowest BCUT2D eigenvalue weighted by Crippen LogP contribution is -2.11. The summed E-state index contributed by atoms with van der Waals surface area (Å²) < 4.78 is 30.1. The van der Waals surface area contributed by atoms with Gasteiger partial charge < -0.3 is 4.74 Å². The van der Waals surface area contributed by atoms with Crippen LogP contribution in [0.15, 0.2) is 12.3 Å². The van der Waals surface area contributed by atoms with Gasteiger partial charge in [0.05, 0.1) is 24.2 Å². The molecule has 1 aliphatic rings. The van der Waals surface area contributed by atoms with Crippen molar-refractivity contribution >= 4 is 27.3 Å². The van der Waals surface area contributed by atoms with E-state index < -0.39 is 10.0 Å². The van der Waals surface area contributed by atoms with Crippen molar-refractivity contribution in [3.05, 3.63) is 17.4 Å². The Kier molecular flexibility index (Phi) is 2.94. The van der Waals surface area contributed by atoms with Gasteiger partial charge in [-0.05, 0) is 12.8 Å². The molecule has 0 aliphatic heterocycles. The van der Waals surface area contributed by atoms with Crippen molar-refractivity contribution < 1.29 is 13.2 Å². The molecule has 1 aromatic heterocycles. The van der Waals surface area contributed by atoms with Gasteiger partial charge in [0.1, 0.15) is 5.15 Å². The Balaban J connectivity index is 2.27. The summed E-state index contributed by atoms with van der Waals surface area (Å²) in [5, 5.41) is 0.217. The predicted octanol–water partition coefficient (Wildman–Crippen LogP) is 1.65. The summed E-state index contributed by atoms with van der Waals surface area (Å²) in [5.74, 6) is 0.414. The molecule has 0 radical (unpaired) electrons. The van der Waals surface area contributed by atoms with E-state index in [2.05, 4.69) is 9.71 Å². The molecule has 0 amide bonds. The van der Waals surface area contributed by atoms with Gasteiger partial charge in [0.2, 0.25) is 10.0 Å². The maximum atomic E-state index is 11.1. The Morgan fingerprint density at radius 3 is 2.81 bits per heavy atom. The average Bonchev–Trinajstić information content (AvgIpc) is 2.91. The summed E-state index contributed by atoms with van der Waals surface area (Å²) >= 11 is 5.70. The van der Waals surface area contributed by atoms with Crippen LogP contribution >= 0.6 is 11.6 Å². The maximum Gasteiger partial charge on any atom is 0.229 e. The van der Waals surface area contributed by atoms with E-state index in [-0.39, 0.29) is 11.3 Å². The first-order valence-electron chi connectivity index (χ1n) is 4.74. The van der Waals surface area contributed by atoms with Gasteiger partial charge in [-0.25, -0.2) is 13.4 Å². The molecule has 5 nitrogen and oxygen atoms in total. The van der Waals surface area contributed by atoms with Crippen LogP contribution in [-0.2, 0) is 10.0 Å². The van der Waals surface area contributed by atoms with Gasteiger partial charge in [-0.3, -0.25) is 4.72 Å². The van der Waals surface area contributed by atoms with Gasteiger partial charge in [0, 0.05) is 6.07 Å². The van der Waals surface area contributed by atoms with Crippen molar-refractivity contribution in [1.29, 1.82) is 0 Å². The highest BCUT2D eigenvalue weighted by molar-refractivity contribution is 7.92. The molecule has 88 valence electrons. The number of sulfonamides is 1. The van der Waals surface area contributed by atoms with Crippen LogP contribution in [0.3, 0.4) is 0 Å². The normalized spacial score (nSPS) is 15.9. The molecule has 7 heteroatoms. The number of halogens is 1. The van der Waals surface area contributed by atoms with Crippen LogP contribution in [0.5, 0.6) is 5.75 Å². The topological polar surface area (TPSA) is 68.3 Å². The average molecular weight is 263 g/mol. The van der Waals surface area contributed by atoms with Gasteiger partial charge in [-0.1, -0.05) is 11.6 Å². The monoisotopic (exact) mass is 262 g/mol. The second-order valence-electron chi connectivity index (χ2n) is 3.69. The first-order chi connectivity index (χ1) is 7.44. The third kappa shape index (κ3) is 3.24. The van der Waals surface area contributed by atoms with E-state index >= 15 is 0 Å². The minimum Gasteiger partial charge on any atom is -0.487 e. The van der Waals surface area contributed by atoms with Crippen LogP contribution in [0.2, 0.25) is 5.15 Å². The van der Waals surface area contributed by atoms with Crippen LogP contribution in [-0.4, -0.2) is 25.8 Å². The number of hydrogen-bond acceptors (Lipinski definition) is 4.